The van der Waals surface area contributed by atoms with Crippen LogP contribution in [0.4, 0.5) is 0 Å². The molecule has 2 aliphatic heterocycles. The van der Waals surface area contributed by atoms with Gasteiger partial charge in [0, 0.05) is 18.0 Å². The van der Waals surface area contributed by atoms with Crippen LogP contribution < -0.4 is 0 Å². The van der Waals surface area contributed by atoms with Crippen molar-refractivity contribution >= 4 is 11.6 Å². The SMILES string of the molecule is OC1CC2CCC(C1)N2CCCCCCl. The second-order valence-electron chi connectivity index (χ2n) is 5.00. The number of halogens is 1. The van der Waals surface area contributed by atoms with Crippen molar-refractivity contribution in [2.24, 2.45) is 0 Å². The molecule has 2 heterocycles. The van der Waals surface area contributed by atoms with Crippen LogP contribution in [0.1, 0.15) is 44.9 Å². The second-order valence-corrected chi connectivity index (χ2v) is 5.38. The minimum atomic E-state index is -0.0263. The van der Waals surface area contributed by atoms with Gasteiger partial charge in [0.15, 0.2) is 0 Å². The zero-order chi connectivity index (χ0) is 10.7. The Morgan fingerprint density at radius 2 is 1.73 bits per heavy atom. The van der Waals surface area contributed by atoms with Gasteiger partial charge < -0.3 is 5.11 Å². The van der Waals surface area contributed by atoms with Crippen LogP contribution in [0.3, 0.4) is 0 Å². The van der Waals surface area contributed by atoms with Gasteiger partial charge in [0.1, 0.15) is 0 Å². The first-order valence-electron chi connectivity index (χ1n) is 6.31. The molecule has 2 saturated heterocycles. The summed E-state index contributed by atoms with van der Waals surface area (Å²) in [5.41, 5.74) is 0. The Morgan fingerprint density at radius 3 is 2.33 bits per heavy atom. The Balaban J connectivity index is 1.74. The summed E-state index contributed by atoms with van der Waals surface area (Å²) < 4.78 is 0. The molecule has 0 spiro atoms. The molecular weight excluding hydrogens is 210 g/mol. The molecule has 88 valence electrons. The van der Waals surface area contributed by atoms with E-state index in [1.54, 1.807) is 0 Å². The summed E-state index contributed by atoms with van der Waals surface area (Å²) in [6.07, 6.45) is 8.26. The molecule has 3 heteroatoms. The first-order valence-corrected chi connectivity index (χ1v) is 6.84. The van der Waals surface area contributed by atoms with Gasteiger partial charge in [-0.3, -0.25) is 4.90 Å². The lowest BCUT2D eigenvalue weighted by Crippen LogP contribution is -2.44. The molecule has 0 saturated carbocycles. The topological polar surface area (TPSA) is 23.5 Å². The summed E-state index contributed by atoms with van der Waals surface area (Å²) in [6.45, 7) is 1.22. The highest BCUT2D eigenvalue weighted by molar-refractivity contribution is 6.17. The van der Waals surface area contributed by atoms with E-state index in [0.29, 0.717) is 12.1 Å². The summed E-state index contributed by atoms with van der Waals surface area (Å²) in [7, 11) is 0. The number of piperidine rings is 1. The van der Waals surface area contributed by atoms with Crippen molar-refractivity contribution in [3.05, 3.63) is 0 Å². The van der Waals surface area contributed by atoms with Crippen molar-refractivity contribution in [1.29, 1.82) is 0 Å². The number of rotatable bonds is 5. The molecule has 1 N–H and O–H groups in total. The van der Waals surface area contributed by atoms with Crippen molar-refractivity contribution < 1.29 is 5.11 Å². The molecule has 2 rings (SSSR count). The molecule has 0 aromatic rings. The smallest absolute Gasteiger partial charge is 0.0570 e. The van der Waals surface area contributed by atoms with Gasteiger partial charge >= 0.3 is 0 Å². The average Bonchev–Trinajstić information content (AvgIpc) is 2.46. The normalized spacial score (nSPS) is 36.0. The summed E-state index contributed by atoms with van der Waals surface area (Å²) >= 11 is 5.67. The van der Waals surface area contributed by atoms with Crippen molar-refractivity contribution in [2.75, 3.05) is 12.4 Å². The maximum atomic E-state index is 9.67. The fourth-order valence-corrected chi connectivity index (χ4v) is 3.37. The van der Waals surface area contributed by atoms with Crippen LogP contribution in [0.15, 0.2) is 0 Å². The Kier molecular flexibility index (Phi) is 4.30. The minimum absolute atomic E-state index is 0.0263. The molecule has 2 fully saturated rings. The van der Waals surface area contributed by atoms with E-state index < -0.39 is 0 Å². The number of nitrogens with zero attached hydrogens (tertiary/aromatic N) is 1. The van der Waals surface area contributed by atoms with E-state index in [1.807, 2.05) is 0 Å². The van der Waals surface area contributed by atoms with E-state index in [9.17, 15) is 5.11 Å². The molecule has 2 bridgehead atoms. The standard InChI is InChI=1S/C12H22ClNO/c13-6-2-1-3-7-14-10-4-5-11(14)9-12(15)8-10/h10-12,15H,1-9H2. The van der Waals surface area contributed by atoms with E-state index in [0.717, 1.165) is 25.1 Å². The number of fused-ring (bicyclic) bond motifs is 2. The summed E-state index contributed by atoms with van der Waals surface area (Å²) in [6, 6.07) is 1.35. The lowest BCUT2D eigenvalue weighted by molar-refractivity contribution is 0.0347. The van der Waals surface area contributed by atoms with Crippen LogP contribution in [0.5, 0.6) is 0 Å². The van der Waals surface area contributed by atoms with Crippen molar-refractivity contribution in [3.63, 3.8) is 0 Å². The highest BCUT2D eigenvalue weighted by atomic mass is 35.5. The van der Waals surface area contributed by atoms with Gasteiger partial charge in [0.2, 0.25) is 0 Å². The molecule has 0 aromatic heterocycles. The van der Waals surface area contributed by atoms with Crippen LogP contribution in [0.2, 0.25) is 0 Å². The fourth-order valence-electron chi connectivity index (χ4n) is 3.18. The van der Waals surface area contributed by atoms with Crippen LogP contribution in [0.25, 0.3) is 0 Å². The molecule has 0 amide bonds. The van der Waals surface area contributed by atoms with Crippen LogP contribution >= 0.6 is 11.6 Å². The van der Waals surface area contributed by atoms with Crippen LogP contribution in [0, 0.1) is 0 Å². The summed E-state index contributed by atoms with van der Waals surface area (Å²) in [5, 5.41) is 9.67. The summed E-state index contributed by atoms with van der Waals surface area (Å²) in [5.74, 6) is 0.797. The Hall–Kier alpha value is 0.210. The van der Waals surface area contributed by atoms with E-state index in [1.165, 1.54) is 32.2 Å². The Bertz CT molecular complexity index is 186. The zero-order valence-electron chi connectivity index (χ0n) is 9.37. The van der Waals surface area contributed by atoms with E-state index >= 15 is 0 Å². The molecular formula is C12H22ClNO. The Labute approximate surface area is 97.6 Å². The van der Waals surface area contributed by atoms with E-state index in [-0.39, 0.29) is 6.10 Å². The maximum absolute atomic E-state index is 9.67. The third kappa shape index (κ3) is 2.86. The van der Waals surface area contributed by atoms with Gasteiger partial charge in [-0.25, -0.2) is 0 Å². The quantitative estimate of drug-likeness (QED) is 0.580. The van der Waals surface area contributed by atoms with Crippen LogP contribution in [-0.2, 0) is 0 Å². The molecule has 2 atom stereocenters. The molecule has 15 heavy (non-hydrogen) atoms. The average molecular weight is 232 g/mol. The Morgan fingerprint density at radius 1 is 1.07 bits per heavy atom. The van der Waals surface area contributed by atoms with E-state index in [2.05, 4.69) is 4.90 Å². The van der Waals surface area contributed by atoms with Gasteiger partial charge in [-0.1, -0.05) is 6.42 Å². The highest BCUT2D eigenvalue weighted by Gasteiger charge is 2.39. The minimum Gasteiger partial charge on any atom is -0.393 e. The molecule has 2 aliphatic rings. The number of aliphatic hydroxyl groups is 1. The number of hydrogen-bond donors (Lipinski definition) is 1. The highest BCUT2D eigenvalue weighted by Crippen LogP contribution is 2.35. The van der Waals surface area contributed by atoms with Gasteiger partial charge in [-0.15, -0.1) is 11.6 Å². The first kappa shape index (κ1) is 11.7. The largest absolute Gasteiger partial charge is 0.393 e. The zero-order valence-corrected chi connectivity index (χ0v) is 10.1. The van der Waals surface area contributed by atoms with Gasteiger partial charge in [-0.2, -0.15) is 0 Å². The van der Waals surface area contributed by atoms with Crippen molar-refractivity contribution in [3.8, 4) is 0 Å². The van der Waals surface area contributed by atoms with Gasteiger partial charge in [0.25, 0.3) is 0 Å². The predicted octanol–water partition coefficient (Wildman–Crippen LogP) is 2.38. The van der Waals surface area contributed by atoms with Gasteiger partial charge in [0.05, 0.1) is 6.10 Å². The number of aliphatic hydroxyl groups excluding tert-OH is 1. The summed E-state index contributed by atoms with van der Waals surface area (Å²) in [4.78, 5) is 2.64. The van der Waals surface area contributed by atoms with Crippen molar-refractivity contribution in [2.45, 2.75) is 63.1 Å². The maximum Gasteiger partial charge on any atom is 0.0570 e. The molecule has 2 nitrogen and oxygen atoms in total. The predicted molar refractivity (Wildman–Crippen MR) is 63.3 cm³/mol. The van der Waals surface area contributed by atoms with Gasteiger partial charge in [-0.05, 0) is 45.1 Å². The molecule has 0 radical (unpaired) electrons. The third-order valence-electron chi connectivity index (χ3n) is 3.91. The first-order chi connectivity index (χ1) is 7.31. The second kappa shape index (κ2) is 5.51. The monoisotopic (exact) mass is 231 g/mol. The van der Waals surface area contributed by atoms with Crippen LogP contribution in [-0.4, -0.2) is 40.6 Å². The van der Waals surface area contributed by atoms with E-state index in [4.69, 9.17) is 11.6 Å². The fraction of sp³-hybridized carbons (Fsp3) is 1.00. The lowest BCUT2D eigenvalue weighted by Gasteiger charge is -2.37. The number of hydrogen-bond acceptors (Lipinski definition) is 2. The lowest BCUT2D eigenvalue weighted by atomic mass is 9.99. The third-order valence-corrected chi connectivity index (χ3v) is 4.18. The van der Waals surface area contributed by atoms with Crippen molar-refractivity contribution in [1.82, 2.24) is 4.90 Å². The number of unbranched alkanes of at least 4 members (excludes halogenated alkanes) is 2. The molecule has 0 aliphatic carbocycles. The molecule has 0 aromatic carbocycles. The number of alkyl halides is 1. The molecule has 2 unspecified atom stereocenters.